The maximum atomic E-state index is 12.4. The number of rotatable bonds is 5. The molecule has 4 heterocycles. The number of pyridine rings is 1. The van der Waals surface area contributed by atoms with E-state index >= 15 is 0 Å². The summed E-state index contributed by atoms with van der Waals surface area (Å²) in [6.45, 7) is 6.59. The summed E-state index contributed by atoms with van der Waals surface area (Å²) in [5, 5.41) is 4.54. The lowest BCUT2D eigenvalue weighted by atomic mass is 10.1. The number of fused-ring (bicyclic) bond motifs is 1. The molecule has 35 heavy (non-hydrogen) atoms. The first-order chi connectivity index (χ1) is 16.9. The summed E-state index contributed by atoms with van der Waals surface area (Å²) in [4.78, 5) is 35.9. The number of aryl methyl sites for hydroxylation is 1. The molecule has 1 aliphatic rings. The molecule has 176 valence electrons. The van der Waals surface area contributed by atoms with Gasteiger partial charge in [-0.25, -0.2) is 14.6 Å². The summed E-state index contributed by atoms with van der Waals surface area (Å²) in [5.74, 6) is 7.02. The van der Waals surface area contributed by atoms with Gasteiger partial charge in [0.05, 0.1) is 16.6 Å². The molecule has 1 aliphatic heterocycles. The first kappa shape index (κ1) is 22.5. The number of imidazole rings is 1. The van der Waals surface area contributed by atoms with E-state index in [4.69, 9.17) is 4.98 Å². The number of nitrogens with zero attached hydrogens (tertiary/aromatic N) is 6. The molecular formula is C27H26N6O2. The number of hydrogen-bond donors (Lipinski definition) is 0. The molecule has 0 aliphatic carbocycles. The second-order valence-electron chi connectivity index (χ2n) is 8.76. The minimum Gasteiger partial charge on any atom is -0.338 e. The number of piperidine rings is 1. The van der Waals surface area contributed by atoms with Gasteiger partial charge in [-0.2, -0.15) is 5.10 Å². The predicted octanol–water partition coefficient (Wildman–Crippen LogP) is 4.00. The largest absolute Gasteiger partial charge is 0.338 e. The third kappa shape index (κ3) is 4.33. The molecule has 5 rings (SSSR count). The van der Waals surface area contributed by atoms with Gasteiger partial charge < -0.3 is 4.90 Å². The molecule has 0 radical (unpaired) electrons. The van der Waals surface area contributed by atoms with E-state index < -0.39 is 0 Å². The number of benzene rings is 1. The van der Waals surface area contributed by atoms with E-state index in [9.17, 15) is 9.59 Å². The van der Waals surface area contributed by atoms with Crippen molar-refractivity contribution in [1.82, 2.24) is 29.2 Å². The summed E-state index contributed by atoms with van der Waals surface area (Å²) in [6, 6.07) is 11.5. The summed E-state index contributed by atoms with van der Waals surface area (Å²) in [6.07, 6.45) is 4.38. The number of carbonyl (C=O) groups excluding carboxylic acids is 2. The van der Waals surface area contributed by atoms with Crippen LogP contribution < -0.4 is 0 Å². The predicted molar refractivity (Wildman–Crippen MR) is 133 cm³/mol. The number of ketones is 1. The minimum atomic E-state index is -0.0931. The van der Waals surface area contributed by atoms with E-state index in [-0.39, 0.29) is 11.7 Å². The van der Waals surface area contributed by atoms with E-state index in [1.165, 1.54) is 6.92 Å². The van der Waals surface area contributed by atoms with Gasteiger partial charge in [0.1, 0.15) is 17.8 Å². The van der Waals surface area contributed by atoms with Crippen molar-refractivity contribution >= 4 is 22.7 Å². The molecule has 0 unspecified atom stereocenters. The highest BCUT2D eigenvalue weighted by Gasteiger charge is 2.19. The van der Waals surface area contributed by atoms with Gasteiger partial charge >= 0.3 is 0 Å². The Labute approximate surface area is 203 Å². The highest BCUT2D eigenvalue weighted by Crippen LogP contribution is 2.23. The molecule has 1 amide bonds. The Morgan fingerprint density at radius 1 is 1.14 bits per heavy atom. The van der Waals surface area contributed by atoms with Crippen LogP contribution in [0.15, 0.2) is 42.7 Å². The number of carbonyl (C=O) groups is 2. The zero-order chi connectivity index (χ0) is 24.5. The molecular weight excluding hydrogens is 440 g/mol. The van der Waals surface area contributed by atoms with Crippen molar-refractivity contribution in [2.45, 2.75) is 46.6 Å². The summed E-state index contributed by atoms with van der Waals surface area (Å²) < 4.78 is 3.55. The van der Waals surface area contributed by atoms with Crippen LogP contribution in [0, 0.1) is 18.8 Å². The molecule has 0 atom stereocenters. The summed E-state index contributed by atoms with van der Waals surface area (Å²) in [7, 11) is 0. The van der Waals surface area contributed by atoms with E-state index in [0.29, 0.717) is 35.9 Å². The van der Waals surface area contributed by atoms with Crippen molar-refractivity contribution in [3.05, 3.63) is 65.2 Å². The van der Waals surface area contributed by atoms with E-state index in [0.717, 1.165) is 41.7 Å². The molecule has 0 saturated carbocycles. The normalized spacial score (nSPS) is 13.7. The highest BCUT2D eigenvalue weighted by atomic mass is 16.2. The lowest BCUT2D eigenvalue weighted by Crippen LogP contribution is -2.34. The molecule has 0 N–H and O–H groups in total. The van der Waals surface area contributed by atoms with Crippen LogP contribution >= 0.6 is 0 Å². The van der Waals surface area contributed by atoms with E-state index in [2.05, 4.69) is 21.9 Å². The van der Waals surface area contributed by atoms with E-state index in [1.54, 1.807) is 24.0 Å². The van der Waals surface area contributed by atoms with Gasteiger partial charge in [-0.3, -0.25) is 14.2 Å². The average molecular weight is 467 g/mol. The fourth-order valence-corrected chi connectivity index (χ4v) is 4.48. The second-order valence-corrected chi connectivity index (χ2v) is 8.76. The van der Waals surface area contributed by atoms with Crippen molar-refractivity contribution in [2.75, 3.05) is 6.54 Å². The highest BCUT2D eigenvalue weighted by molar-refractivity contribution is 5.97. The molecule has 1 saturated heterocycles. The monoisotopic (exact) mass is 466 g/mol. The Hall–Kier alpha value is -4.25. The van der Waals surface area contributed by atoms with Gasteiger partial charge in [-0.05, 0) is 75.4 Å². The molecule has 4 aromatic rings. The summed E-state index contributed by atoms with van der Waals surface area (Å²) >= 11 is 0. The third-order valence-corrected chi connectivity index (χ3v) is 6.23. The first-order valence-electron chi connectivity index (χ1n) is 11.7. The standard InChI is InChI=1S/C27H26N6O2/c1-4-7-21-14-18(2)33(30-21)27-22(19(3)34)10-12-25(29-27)32-17-28-23-15-20(9-11-24(23)32)16-31-13-6-5-8-26(31)35/h9-12,14-15,17H,5-6,8,13,16H2,1-3H3. The Morgan fingerprint density at radius 3 is 2.77 bits per heavy atom. The molecule has 1 aromatic carbocycles. The SMILES string of the molecule is CC#Cc1cc(C)n(-c2nc(-n3cnc4cc(CN5CCCCC5=O)ccc43)ccc2C(C)=O)n1. The molecule has 8 nitrogen and oxygen atoms in total. The Balaban J connectivity index is 1.53. The van der Waals surface area contributed by atoms with Gasteiger partial charge in [0.2, 0.25) is 5.91 Å². The topological polar surface area (TPSA) is 85.9 Å². The Bertz CT molecular complexity index is 1520. The fraction of sp³-hybridized carbons (Fsp3) is 0.296. The quantitative estimate of drug-likeness (QED) is 0.328. The van der Waals surface area contributed by atoms with Gasteiger partial charge in [-0.1, -0.05) is 12.0 Å². The maximum absolute atomic E-state index is 12.4. The second kappa shape index (κ2) is 9.18. The van der Waals surface area contributed by atoms with Gasteiger partial charge in [-0.15, -0.1) is 0 Å². The lowest BCUT2D eigenvalue weighted by molar-refractivity contribution is -0.133. The zero-order valence-corrected chi connectivity index (χ0v) is 20.1. The van der Waals surface area contributed by atoms with Crippen LogP contribution in [0.25, 0.3) is 22.7 Å². The van der Waals surface area contributed by atoms with Crippen molar-refractivity contribution in [1.29, 1.82) is 0 Å². The smallest absolute Gasteiger partial charge is 0.222 e. The van der Waals surface area contributed by atoms with E-state index in [1.807, 2.05) is 46.7 Å². The lowest BCUT2D eigenvalue weighted by Gasteiger charge is -2.26. The molecule has 0 bridgehead atoms. The maximum Gasteiger partial charge on any atom is 0.222 e. The van der Waals surface area contributed by atoms with Gasteiger partial charge in [0, 0.05) is 25.2 Å². The molecule has 0 spiro atoms. The molecule has 8 heteroatoms. The Morgan fingerprint density at radius 2 is 2.00 bits per heavy atom. The number of Topliss-reactive ketones (excluding diaryl/α,β-unsaturated/α-hetero) is 1. The van der Waals surface area contributed by atoms with Crippen LogP contribution in [0.1, 0.15) is 60.4 Å². The Kier molecular flexibility index (Phi) is 5.91. The molecule has 3 aromatic heterocycles. The first-order valence-corrected chi connectivity index (χ1v) is 11.7. The van der Waals surface area contributed by atoms with Crippen molar-refractivity contribution in [3.63, 3.8) is 0 Å². The van der Waals surface area contributed by atoms with Gasteiger partial charge in [0.25, 0.3) is 0 Å². The fourth-order valence-electron chi connectivity index (χ4n) is 4.48. The van der Waals surface area contributed by atoms with Crippen LogP contribution in [0.5, 0.6) is 0 Å². The number of likely N-dealkylation sites (tertiary alicyclic amines) is 1. The number of amides is 1. The van der Waals surface area contributed by atoms with Crippen LogP contribution in [-0.4, -0.2) is 47.5 Å². The third-order valence-electron chi connectivity index (χ3n) is 6.23. The molecule has 1 fully saturated rings. The number of aromatic nitrogens is 5. The zero-order valence-electron chi connectivity index (χ0n) is 20.1. The van der Waals surface area contributed by atoms with Crippen LogP contribution in [-0.2, 0) is 11.3 Å². The summed E-state index contributed by atoms with van der Waals surface area (Å²) in [5.41, 5.74) is 4.70. The van der Waals surface area contributed by atoms with Crippen molar-refractivity contribution < 1.29 is 9.59 Å². The average Bonchev–Trinajstić information content (AvgIpc) is 3.43. The number of hydrogen-bond acceptors (Lipinski definition) is 5. The minimum absolute atomic E-state index is 0.0931. The van der Waals surface area contributed by atoms with Crippen molar-refractivity contribution in [2.24, 2.45) is 0 Å². The van der Waals surface area contributed by atoms with Crippen molar-refractivity contribution in [3.8, 4) is 23.5 Å². The van der Waals surface area contributed by atoms with Crippen LogP contribution in [0.4, 0.5) is 0 Å². The van der Waals surface area contributed by atoms with Crippen LogP contribution in [0.3, 0.4) is 0 Å². The van der Waals surface area contributed by atoms with Crippen LogP contribution in [0.2, 0.25) is 0 Å². The van der Waals surface area contributed by atoms with Gasteiger partial charge in [0.15, 0.2) is 11.6 Å².